The zero-order valence-corrected chi connectivity index (χ0v) is 16.7. The third kappa shape index (κ3) is 2.94. The van der Waals surface area contributed by atoms with E-state index < -0.39 is 0 Å². The molecular weight excluding hydrogens is 374 g/mol. The van der Waals surface area contributed by atoms with Gasteiger partial charge in [-0.15, -0.1) is 0 Å². The van der Waals surface area contributed by atoms with E-state index in [0.29, 0.717) is 33.2 Å². The van der Waals surface area contributed by atoms with Crippen LogP contribution < -0.4 is 10.7 Å². The van der Waals surface area contributed by atoms with Crippen LogP contribution in [0.25, 0.3) is 32.7 Å². The van der Waals surface area contributed by atoms with Gasteiger partial charge in [0.25, 0.3) is 5.91 Å². The zero-order valence-electron chi connectivity index (χ0n) is 16.7. The van der Waals surface area contributed by atoms with E-state index >= 15 is 0 Å². The average molecular weight is 393 g/mol. The summed E-state index contributed by atoms with van der Waals surface area (Å²) in [6, 6.07) is 22.4. The summed E-state index contributed by atoms with van der Waals surface area (Å²) in [6.07, 6.45) is 0. The highest BCUT2D eigenvalue weighted by molar-refractivity contribution is 6.13. The molecule has 0 saturated heterocycles. The van der Waals surface area contributed by atoms with Gasteiger partial charge in [-0.3, -0.25) is 9.59 Å². The molecule has 1 N–H and O–H groups in total. The first kappa shape index (κ1) is 18.1. The number of hydrogen-bond acceptors (Lipinski definition) is 3. The lowest BCUT2D eigenvalue weighted by Gasteiger charge is -2.10. The van der Waals surface area contributed by atoms with Crippen molar-refractivity contribution in [1.82, 2.24) is 0 Å². The van der Waals surface area contributed by atoms with E-state index in [9.17, 15) is 9.59 Å². The normalized spacial score (nSPS) is 11.3. The quantitative estimate of drug-likeness (QED) is 0.376. The lowest BCUT2D eigenvalue weighted by Crippen LogP contribution is -2.12. The standard InChI is InChI=1S/C26H19NO3/c1-15-12-16(2)25-22(13-15)24(28)21-11-10-18(14-23(21)30-25)27-26(29)20-9-5-7-17-6-3-4-8-19(17)20/h3-14H,1-2H3,(H,27,29). The number of carbonyl (C=O) groups excluding carboxylic acids is 1. The number of fused-ring (bicyclic) bond motifs is 3. The van der Waals surface area contributed by atoms with Crippen molar-refractivity contribution in [3.05, 3.63) is 99.7 Å². The topological polar surface area (TPSA) is 59.3 Å². The second-order valence-corrected chi connectivity index (χ2v) is 7.58. The molecule has 0 spiro atoms. The molecule has 0 bridgehead atoms. The van der Waals surface area contributed by atoms with Crippen molar-refractivity contribution >= 4 is 44.3 Å². The van der Waals surface area contributed by atoms with Gasteiger partial charge in [-0.05, 0) is 60.0 Å². The fourth-order valence-electron chi connectivity index (χ4n) is 4.01. The Labute approximate surface area is 172 Å². The molecule has 146 valence electrons. The van der Waals surface area contributed by atoms with Crippen LogP contribution >= 0.6 is 0 Å². The molecule has 1 aromatic heterocycles. The van der Waals surface area contributed by atoms with E-state index in [1.54, 1.807) is 24.3 Å². The van der Waals surface area contributed by atoms with E-state index in [-0.39, 0.29) is 11.3 Å². The van der Waals surface area contributed by atoms with Crippen LogP contribution in [0.1, 0.15) is 21.5 Å². The summed E-state index contributed by atoms with van der Waals surface area (Å²) in [5, 5.41) is 5.90. The third-order valence-corrected chi connectivity index (χ3v) is 5.39. The smallest absolute Gasteiger partial charge is 0.256 e. The van der Waals surface area contributed by atoms with Gasteiger partial charge in [-0.1, -0.05) is 42.5 Å². The molecule has 5 rings (SSSR count). The van der Waals surface area contributed by atoms with Crippen molar-refractivity contribution < 1.29 is 9.21 Å². The van der Waals surface area contributed by atoms with E-state index in [0.717, 1.165) is 21.9 Å². The van der Waals surface area contributed by atoms with E-state index in [1.165, 1.54) is 0 Å². The van der Waals surface area contributed by atoms with Gasteiger partial charge in [0.05, 0.1) is 10.8 Å². The number of nitrogens with one attached hydrogen (secondary N) is 1. The summed E-state index contributed by atoms with van der Waals surface area (Å²) in [5.74, 6) is -0.207. The van der Waals surface area contributed by atoms with Gasteiger partial charge in [-0.25, -0.2) is 0 Å². The molecule has 0 atom stereocenters. The molecule has 5 aromatic rings. The number of rotatable bonds is 2. The van der Waals surface area contributed by atoms with Gasteiger partial charge in [0.15, 0.2) is 0 Å². The Bertz CT molecular complexity index is 1520. The Morgan fingerprint density at radius 2 is 1.63 bits per heavy atom. The monoisotopic (exact) mass is 393 g/mol. The van der Waals surface area contributed by atoms with Crippen LogP contribution in [0.5, 0.6) is 0 Å². The largest absolute Gasteiger partial charge is 0.455 e. The molecule has 0 aliphatic rings. The maximum absolute atomic E-state index is 12.9. The number of anilines is 1. The molecular formula is C26H19NO3. The average Bonchev–Trinajstić information content (AvgIpc) is 2.74. The van der Waals surface area contributed by atoms with Gasteiger partial charge in [-0.2, -0.15) is 0 Å². The predicted molar refractivity (Wildman–Crippen MR) is 121 cm³/mol. The first-order valence-corrected chi connectivity index (χ1v) is 9.78. The van der Waals surface area contributed by atoms with E-state index in [2.05, 4.69) is 5.32 Å². The molecule has 1 amide bonds. The second kappa shape index (κ2) is 6.85. The highest BCUT2D eigenvalue weighted by atomic mass is 16.3. The highest BCUT2D eigenvalue weighted by Gasteiger charge is 2.13. The van der Waals surface area contributed by atoms with E-state index in [4.69, 9.17) is 4.42 Å². The van der Waals surface area contributed by atoms with Crippen molar-refractivity contribution in [2.45, 2.75) is 13.8 Å². The number of hydrogen-bond donors (Lipinski definition) is 1. The molecule has 1 heterocycles. The molecule has 0 radical (unpaired) electrons. The van der Waals surface area contributed by atoms with Crippen molar-refractivity contribution in [1.29, 1.82) is 0 Å². The van der Waals surface area contributed by atoms with Gasteiger partial charge in [0, 0.05) is 17.3 Å². The van der Waals surface area contributed by atoms with Gasteiger partial charge in [0.2, 0.25) is 5.43 Å². The molecule has 4 nitrogen and oxygen atoms in total. The second-order valence-electron chi connectivity index (χ2n) is 7.58. The Morgan fingerprint density at radius 1 is 0.833 bits per heavy atom. The SMILES string of the molecule is Cc1cc(C)c2oc3cc(NC(=O)c4cccc5ccccc45)ccc3c(=O)c2c1. The van der Waals surface area contributed by atoms with Gasteiger partial charge in [0.1, 0.15) is 11.2 Å². The molecule has 0 aliphatic carbocycles. The Morgan fingerprint density at radius 3 is 2.50 bits per heavy atom. The number of amides is 1. The minimum absolute atomic E-state index is 0.0648. The van der Waals surface area contributed by atoms with Crippen LogP contribution in [0.2, 0.25) is 0 Å². The Kier molecular flexibility index (Phi) is 4.14. The molecule has 4 aromatic carbocycles. The first-order chi connectivity index (χ1) is 14.5. The molecule has 0 unspecified atom stereocenters. The van der Waals surface area contributed by atoms with Crippen LogP contribution in [0.3, 0.4) is 0 Å². The van der Waals surface area contributed by atoms with E-state index in [1.807, 2.05) is 62.4 Å². The number of aryl methyl sites for hydroxylation is 2. The summed E-state index contributed by atoms with van der Waals surface area (Å²) < 4.78 is 6.06. The molecule has 0 aliphatic heterocycles. The molecule has 0 fully saturated rings. The van der Waals surface area contributed by atoms with Gasteiger partial charge >= 0.3 is 0 Å². The molecule has 4 heteroatoms. The number of benzene rings is 4. The Balaban J connectivity index is 1.59. The summed E-state index contributed by atoms with van der Waals surface area (Å²) in [5.41, 5.74) is 4.07. The summed E-state index contributed by atoms with van der Waals surface area (Å²) in [7, 11) is 0. The number of carbonyl (C=O) groups is 1. The molecule has 0 saturated carbocycles. The van der Waals surface area contributed by atoms with Gasteiger partial charge < -0.3 is 9.73 Å². The lowest BCUT2D eigenvalue weighted by molar-refractivity contribution is 0.102. The van der Waals surface area contributed by atoms with Crippen LogP contribution in [-0.4, -0.2) is 5.91 Å². The fourth-order valence-corrected chi connectivity index (χ4v) is 4.01. The Hall–Kier alpha value is -3.92. The van der Waals surface area contributed by atoms with Crippen molar-refractivity contribution in [3.8, 4) is 0 Å². The zero-order chi connectivity index (χ0) is 20.8. The van der Waals surface area contributed by atoms with Crippen LogP contribution in [0, 0.1) is 13.8 Å². The van der Waals surface area contributed by atoms with Crippen LogP contribution in [0.4, 0.5) is 5.69 Å². The third-order valence-electron chi connectivity index (χ3n) is 5.39. The fraction of sp³-hybridized carbons (Fsp3) is 0.0769. The van der Waals surface area contributed by atoms with Crippen molar-refractivity contribution in [2.75, 3.05) is 5.32 Å². The van der Waals surface area contributed by atoms with Crippen LogP contribution in [0.15, 0.2) is 82.0 Å². The summed E-state index contributed by atoms with van der Waals surface area (Å²) in [6.45, 7) is 3.89. The van der Waals surface area contributed by atoms with Crippen molar-refractivity contribution in [2.24, 2.45) is 0 Å². The summed E-state index contributed by atoms with van der Waals surface area (Å²) in [4.78, 5) is 25.9. The summed E-state index contributed by atoms with van der Waals surface area (Å²) >= 11 is 0. The van der Waals surface area contributed by atoms with Crippen LogP contribution in [-0.2, 0) is 0 Å². The maximum atomic E-state index is 12.9. The minimum Gasteiger partial charge on any atom is -0.455 e. The molecule has 30 heavy (non-hydrogen) atoms. The lowest BCUT2D eigenvalue weighted by atomic mass is 10.0. The van der Waals surface area contributed by atoms with Crippen molar-refractivity contribution in [3.63, 3.8) is 0 Å². The maximum Gasteiger partial charge on any atom is 0.256 e. The predicted octanol–water partition coefficient (Wildman–Crippen LogP) is 5.97. The minimum atomic E-state index is -0.207. The highest BCUT2D eigenvalue weighted by Crippen LogP contribution is 2.26. The first-order valence-electron chi connectivity index (χ1n) is 9.78.